The van der Waals surface area contributed by atoms with Gasteiger partial charge in [-0.05, 0) is 37.8 Å². The van der Waals surface area contributed by atoms with Crippen LogP contribution in [0, 0.1) is 12.8 Å². The van der Waals surface area contributed by atoms with Crippen molar-refractivity contribution in [3.05, 3.63) is 29.3 Å². The number of benzene rings is 1. The smallest absolute Gasteiger partial charge is 0.223 e. The summed E-state index contributed by atoms with van der Waals surface area (Å²) in [5, 5.41) is 3.01. The monoisotopic (exact) mass is 342 g/mol. The van der Waals surface area contributed by atoms with Gasteiger partial charge in [0.05, 0.1) is 6.61 Å². The van der Waals surface area contributed by atoms with Crippen molar-refractivity contribution in [2.75, 3.05) is 20.3 Å². The van der Waals surface area contributed by atoms with E-state index in [1.54, 1.807) is 7.11 Å². The first-order chi connectivity index (χ1) is 10.6. The average Bonchev–Trinajstić information content (AvgIpc) is 2.93. The van der Waals surface area contributed by atoms with Crippen LogP contribution in [0.3, 0.4) is 0 Å². The van der Waals surface area contributed by atoms with Crippen LogP contribution in [0.15, 0.2) is 18.2 Å². The predicted octanol–water partition coefficient (Wildman–Crippen LogP) is 2.19. The predicted molar refractivity (Wildman–Crippen MR) is 93.0 cm³/mol. The molecule has 1 saturated carbocycles. The van der Waals surface area contributed by atoms with E-state index in [0.717, 1.165) is 36.1 Å². The van der Waals surface area contributed by atoms with Crippen molar-refractivity contribution in [2.24, 2.45) is 11.7 Å². The Morgan fingerprint density at radius 1 is 1.35 bits per heavy atom. The maximum Gasteiger partial charge on any atom is 0.223 e. The van der Waals surface area contributed by atoms with Crippen molar-refractivity contribution in [1.29, 1.82) is 0 Å². The molecule has 0 spiro atoms. The highest BCUT2D eigenvalue weighted by Crippen LogP contribution is 2.25. The lowest BCUT2D eigenvalue weighted by Crippen LogP contribution is -2.30. The number of carbonyl (C=O) groups is 1. The van der Waals surface area contributed by atoms with Crippen LogP contribution >= 0.6 is 12.4 Å². The van der Waals surface area contributed by atoms with Crippen molar-refractivity contribution >= 4 is 18.3 Å². The Labute approximate surface area is 144 Å². The molecule has 130 valence electrons. The topological polar surface area (TPSA) is 73.6 Å². The van der Waals surface area contributed by atoms with Crippen LogP contribution in [0.4, 0.5) is 0 Å². The summed E-state index contributed by atoms with van der Waals surface area (Å²) in [5.41, 5.74) is 7.98. The van der Waals surface area contributed by atoms with Gasteiger partial charge in [0.1, 0.15) is 12.4 Å². The first-order valence-electron chi connectivity index (χ1n) is 7.84. The van der Waals surface area contributed by atoms with E-state index in [0.29, 0.717) is 19.8 Å². The summed E-state index contributed by atoms with van der Waals surface area (Å²) >= 11 is 0. The lowest BCUT2D eigenvalue weighted by Gasteiger charge is -2.15. The zero-order valence-electron chi connectivity index (χ0n) is 13.8. The molecule has 1 aromatic rings. The minimum absolute atomic E-state index is 0. The van der Waals surface area contributed by atoms with Crippen molar-refractivity contribution in [1.82, 2.24) is 5.32 Å². The van der Waals surface area contributed by atoms with Crippen LogP contribution in [0.2, 0.25) is 0 Å². The first kappa shape index (κ1) is 19.7. The standard InChI is InChI=1S/C17H26N2O3.ClH/c1-12-3-4-14(16(9-12)22-8-7-21-2)11-19-17(20)13-5-6-15(18)10-13;/h3-4,9,13,15H,5-8,10-11,18H2,1-2H3,(H,19,20);1H. The highest BCUT2D eigenvalue weighted by Gasteiger charge is 2.27. The van der Waals surface area contributed by atoms with Gasteiger partial charge in [-0.3, -0.25) is 4.79 Å². The summed E-state index contributed by atoms with van der Waals surface area (Å²) in [6.07, 6.45) is 2.61. The van der Waals surface area contributed by atoms with Crippen LogP contribution in [-0.2, 0) is 16.1 Å². The molecule has 5 nitrogen and oxygen atoms in total. The molecule has 0 bridgehead atoms. The third-order valence-corrected chi connectivity index (χ3v) is 4.06. The molecule has 1 fully saturated rings. The van der Waals surface area contributed by atoms with Crippen LogP contribution in [0.1, 0.15) is 30.4 Å². The van der Waals surface area contributed by atoms with Crippen LogP contribution in [0.25, 0.3) is 0 Å². The number of amides is 1. The second-order valence-electron chi connectivity index (χ2n) is 5.94. The Morgan fingerprint density at radius 3 is 2.78 bits per heavy atom. The highest BCUT2D eigenvalue weighted by atomic mass is 35.5. The minimum atomic E-state index is 0. The summed E-state index contributed by atoms with van der Waals surface area (Å²) in [7, 11) is 1.65. The number of ether oxygens (including phenoxy) is 2. The lowest BCUT2D eigenvalue weighted by molar-refractivity contribution is -0.125. The van der Waals surface area contributed by atoms with E-state index in [1.807, 2.05) is 25.1 Å². The third-order valence-electron chi connectivity index (χ3n) is 4.06. The summed E-state index contributed by atoms with van der Waals surface area (Å²) in [5.74, 6) is 0.954. The molecule has 6 heteroatoms. The van der Waals surface area contributed by atoms with E-state index in [9.17, 15) is 4.79 Å². The van der Waals surface area contributed by atoms with Gasteiger partial charge in [-0.2, -0.15) is 0 Å². The van der Waals surface area contributed by atoms with Crippen LogP contribution < -0.4 is 15.8 Å². The van der Waals surface area contributed by atoms with E-state index in [1.165, 1.54) is 0 Å². The molecule has 0 saturated heterocycles. The number of rotatable bonds is 7. The van der Waals surface area contributed by atoms with Gasteiger partial charge in [-0.25, -0.2) is 0 Å². The maximum atomic E-state index is 12.2. The fourth-order valence-electron chi connectivity index (χ4n) is 2.76. The summed E-state index contributed by atoms with van der Waals surface area (Å²) in [4.78, 5) is 12.2. The number of carbonyl (C=O) groups excluding carboxylic acids is 1. The van der Waals surface area contributed by atoms with Crippen LogP contribution in [0.5, 0.6) is 5.75 Å². The third kappa shape index (κ3) is 6.01. The van der Waals surface area contributed by atoms with Gasteiger partial charge in [0.15, 0.2) is 0 Å². The molecule has 0 aromatic heterocycles. The molecule has 0 aliphatic heterocycles. The lowest BCUT2D eigenvalue weighted by atomic mass is 10.1. The molecule has 2 unspecified atom stereocenters. The Hall–Kier alpha value is -1.30. The van der Waals surface area contributed by atoms with Gasteiger partial charge in [-0.15, -0.1) is 12.4 Å². The molecule has 23 heavy (non-hydrogen) atoms. The largest absolute Gasteiger partial charge is 0.491 e. The Morgan fingerprint density at radius 2 is 2.13 bits per heavy atom. The normalized spacial score (nSPS) is 20.0. The molecule has 0 radical (unpaired) electrons. The SMILES string of the molecule is COCCOc1cc(C)ccc1CNC(=O)C1CCC(N)C1.Cl. The second-order valence-corrected chi connectivity index (χ2v) is 5.94. The fourth-order valence-corrected chi connectivity index (χ4v) is 2.76. The van der Waals surface area contributed by atoms with E-state index < -0.39 is 0 Å². The molecule has 1 aromatic carbocycles. The van der Waals surface area contributed by atoms with Gasteiger partial charge in [0.2, 0.25) is 5.91 Å². The first-order valence-corrected chi connectivity index (χ1v) is 7.84. The van der Waals surface area contributed by atoms with Crippen LogP contribution in [-0.4, -0.2) is 32.3 Å². The number of nitrogens with one attached hydrogen (secondary N) is 1. The molecule has 0 heterocycles. The maximum absolute atomic E-state index is 12.2. The number of aryl methyl sites for hydroxylation is 1. The molecule has 1 aliphatic carbocycles. The minimum Gasteiger partial charge on any atom is -0.491 e. The van der Waals surface area contributed by atoms with E-state index in [-0.39, 0.29) is 30.3 Å². The zero-order chi connectivity index (χ0) is 15.9. The molecule has 1 aliphatic rings. The number of methoxy groups -OCH3 is 1. The molecular weight excluding hydrogens is 316 g/mol. The fraction of sp³-hybridized carbons (Fsp3) is 0.588. The van der Waals surface area contributed by atoms with E-state index in [2.05, 4.69) is 5.32 Å². The van der Waals surface area contributed by atoms with E-state index in [4.69, 9.17) is 15.2 Å². The summed E-state index contributed by atoms with van der Waals surface area (Å²) in [6, 6.07) is 6.18. The second kappa shape index (κ2) is 9.75. The number of nitrogens with two attached hydrogens (primary N) is 1. The van der Waals surface area contributed by atoms with Crippen molar-refractivity contribution < 1.29 is 14.3 Å². The Bertz CT molecular complexity index is 511. The van der Waals surface area contributed by atoms with Gasteiger partial charge >= 0.3 is 0 Å². The van der Waals surface area contributed by atoms with Gasteiger partial charge in [-0.1, -0.05) is 12.1 Å². The Kier molecular flexibility index (Phi) is 8.37. The Balaban J connectivity index is 0.00000264. The van der Waals surface area contributed by atoms with E-state index >= 15 is 0 Å². The average molecular weight is 343 g/mol. The molecular formula is C17H27ClN2O3. The van der Waals surface area contributed by atoms with Crippen molar-refractivity contribution in [3.63, 3.8) is 0 Å². The number of hydrogen-bond acceptors (Lipinski definition) is 4. The van der Waals surface area contributed by atoms with Gasteiger partial charge in [0.25, 0.3) is 0 Å². The zero-order valence-corrected chi connectivity index (χ0v) is 14.7. The van der Waals surface area contributed by atoms with Gasteiger partial charge < -0.3 is 20.5 Å². The van der Waals surface area contributed by atoms with Crippen molar-refractivity contribution in [2.45, 2.75) is 38.8 Å². The highest BCUT2D eigenvalue weighted by molar-refractivity contribution is 5.85. The van der Waals surface area contributed by atoms with Gasteiger partial charge in [0, 0.05) is 31.2 Å². The molecule has 2 atom stereocenters. The van der Waals surface area contributed by atoms with Crippen molar-refractivity contribution in [3.8, 4) is 5.75 Å². The summed E-state index contributed by atoms with van der Waals surface area (Å²) in [6.45, 7) is 3.54. The molecule has 3 N–H and O–H groups in total. The molecule has 2 rings (SSSR count). The molecule has 1 amide bonds. The number of halogens is 1. The quantitative estimate of drug-likeness (QED) is 0.745. The summed E-state index contributed by atoms with van der Waals surface area (Å²) < 4.78 is 10.7. The number of hydrogen-bond donors (Lipinski definition) is 2.